The molecule has 0 N–H and O–H groups in total. The molecule has 96 valence electrons. The molecular weight excluding hydrogens is 358 g/mol. The minimum absolute atomic E-state index is 0.260. The Hall–Kier alpha value is -0.680. The quantitative estimate of drug-likeness (QED) is 0.743. The molecule has 2 rings (SSSR count). The van der Waals surface area contributed by atoms with Gasteiger partial charge in [-0.3, -0.25) is 0 Å². The maximum absolute atomic E-state index is 4.21. The number of alkyl halides is 1. The first-order chi connectivity index (χ1) is 8.52. The van der Waals surface area contributed by atoms with Crippen LogP contribution in [0.15, 0.2) is 22.8 Å². The van der Waals surface area contributed by atoms with E-state index in [1.54, 1.807) is 0 Å². The first-order valence-corrected chi connectivity index (χ1v) is 7.57. The van der Waals surface area contributed by atoms with Crippen LogP contribution in [0.3, 0.4) is 0 Å². The Morgan fingerprint density at radius 1 is 1.33 bits per heavy atom. The third-order valence-corrected chi connectivity index (χ3v) is 4.54. The van der Waals surface area contributed by atoms with E-state index in [-0.39, 0.29) is 4.83 Å². The zero-order valence-corrected chi connectivity index (χ0v) is 13.8. The second-order valence-corrected chi connectivity index (χ2v) is 6.34. The molecule has 0 aliphatic heterocycles. The molecule has 0 bridgehead atoms. The van der Waals surface area contributed by atoms with E-state index in [2.05, 4.69) is 75.1 Å². The van der Waals surface area contributed by atoms with E-state index in [4.69, 9.17) is 0 Å². The molecule has 0 radical (unpaired) electrons. The van der Waals surface area contributed by atoms with E-state index in [0.717, 1.165) is 22.3 Å². The number of hydrogen-bond acceptors (Lipinski definition) is 2. The molecule has 0 aliphatic rings. The fourth-order valence-electron chi connectivity index (χ4n) is 1.94. The Balaban J connectivity index is 2.46. The van der Waals surface area contributed by atoms with Crippen LogP contribution in [0, 0.1) is 13.8 Å². The number of halogens is 2. The summed E-state index contributed by atoms with van der Waals surface area (Å²) in [5.74, 6) is 0. The van der Waals surface area contributed by atoms with Crippen LogP contribution in [-0.4, -0.2) is 15.0 Å². The number of benzene rings is 1. The first kappa shape index (κ1) is 13.7. The summed E-state index contributed by atoms with van der Waals surface area (Å²) < 4.78 is 2.87. The van der Waals surface area contributed by atoms with E-state index in [0.29, 0.717) is 0 Å². The number of nitrogens with zero attached hydrogens (tertiary/aromatic N) is 3. The third-order valence-electron chi connectivity index (χ3n) is 2.82. The molecule has 0 amide bonds. The highest BCUT2D eigenvalue weighted by atomic mass is 79.9. The van der Waals surface area contributed by atoms with Crippen molar-refractivity contribution in [1.82, 2.24) is 15.0 Å². The van der Waals surface area contributed by atoms with Crippen molar-refractivity contribution in [3.63, 3.8) is 0 Å². The normalized spacial score (nSPS) is 12.7. The highest BCUT2D eigenvalue weighted by Gasteiger charge is 2.13. The van der Waals surface area contributed by atoms with Gasteiger partial charge in [-0.1, -0.05) is 34.1 Å². The van der Waals surface area contributed by atoms with Crippen molar-refractivity contribution in [2.45, 2.75) is 32.0 Å². The van der Waals surface area contributed by atoms with Crippen molar-refractivity contribution < 1.29 is 0 Å². The minimum atomic E-state index is 0.260. The molecule has 0 aliphatic carbocycles. The van der Waals surface area contributed by atoms with E-state index < -0.39 is 0 Å². The van der Waals surface area contributed by atoms with Crippen molar-refractivity contribution in [3.05, 3.63) is 39.6 Å². The van der Waals surface area contributed by atoms with Crippen LogP contribution in [0.1, 0.15) is 35.0 Å². The minimum Gasteiger partial charge on any atom is -0.219 e. The molecule has 2 aromatic rings. The van der Waals surface area contributed by atoms with Crippen LogP contribution in [0.25, 0.3) is 5.69 Å². The van der Waals surface area contributed by atoms with Gasteiger partial charge in [0, 0.05) is 4.47 Å². The van der Waals surface area contributed by atoms with Crippen LogP contribution in [0.2, 0.25) is 0 Å². The highest BCUT2D eigenvalue weighted by Crippen LogP contribution is 2.28. The molecule has 0 saturated heterocycles. The van der Waals surface area contributed by atoms with Gasteiger partial charge in [0.2, 0.25) is 0 Å². The summed E-state index contributed by atoms with van der Waals surface area (Å²) in [6, 6.07) is 4.24. The van der Waals surface area contributed by atoms with Crippen LogP contribution in [0.4, 0.5) is 0 Å². The summed E-state index contributed by atoms with van der Waals surface area (Å²) in [4.78, 5) is 0.260. The standard InChI is InChI=1S/C13H15Br2N3/c1-4-10(14)12-7-18(17-16-12)13-9(3)5-8(2)6-11(13)15/h5-7,10H,4H2,1-3H3. The number of aromatic nitrogens is 3. The summed E-state index contributed by atoms with van der Waals surface area (Å²) in [5, 5.41) is 8.43. The summed E-state index contributed by atoms with van der Waals surface area (Å²) >= 11 is 7.19. The molecule has 1 aromatic carbocycles. The summed E-state index contributed by atoms with van der Waals surface area (Å²) in [6.07, 6.45) is 2.97. The third kappa shape index (κ3) is 2.67. The van der Waals surface area contributed by atoms with Crippen molar-refractivity contribution in [2.24, 2.45) is 0 Å². The smallest absolute Gasteiger partial charge is 0.0967 e. The lowest BCUT2D eigenvalue weighted by Crippen LogP contribution is -2.00. The maximum atomic E-state index is 4.21. The second kappa shape index (κ2) is 5.53. The van der Waals surface area contributed by atoms with Gasteiger partial charge in [0.15, 0.2) is 0 Å². The van der Waals surface area contributed by atoms with Crippen LogP contribution >= 0.6 is 31.9 Å². The lowest BCUT2D eigenvalue weighted by Gasteiger charge is -2.09. The molecule has 1 atom stereocenters. The molecule has 0 saturated carbocycles. The number of aryl methyl sites for hydroxylation is 2. The maximum Gasteiger partial charge on any atom is 0.0967 e. The molecule has 1 unspecified atom stereocenters. The van der Waals surface area contributed by atoms with Crippen LogP contribution in [0.5, 0.6) is 0 Å². The van der Waals surface area contributed by atoms with E-state index >= 15 is 0 Å². The SMILES string of the molecule is CCC(Br)c1cn(-c2c(C)cc(C)cc2Br)nn1. The van der Waals surface area contributed by atoms with Gasteiger partial charge >= 0.3 is 0 Å². The Bertz CT molecular complexity index is 540. The second-order valence-electron chi connectivity index (χ2n) is 4.38. The molecule has 3 nitrogen and oxygen atoms in total. The fourth-order valence-corrected chi connectivity index (χ4v) is 3.00. The summed E-state index contributed by atoms with van der Waals surface area (Å²) in [7, 11) is 0. The molecule has 0 spiro atoms. The van der Waals surface area contributed by atoms with Gasteiger partial charge in [-0.2, -0.15) is 0 Å². The zero-order valence-electron chi connectivity index (χ0n) is 10.6. The number of rotatable bonds is 3. The van der Waals surface area contributed by atoms with Gasteiger partial charge in [-0.25, -0.2) is 4.68 Å². The predicted molar refractivity (Wildman–Crippen MR) is 80.5 cm³/mol. The highest BCUT2D eigenvalue weighted by molar-refractivity contribution is 9.10. The van der Waals surface area contributed by atoms with Gasteiger partial charge in [-0.15, -0.1) is 5.10 Å². The summed E-state index contributed by atoms with van der Waals surface area (Å²) in [6.45, 7) is 6.28. The topological polar surface area (TPSA) is 30.7 Å². The molecule has 5 heteroatoms. The average molecular weight is 373 g/mol. The van der Waals surface area contributed by atoms with Crippen LogP contribution in [-0.2, 0) is 0 Å². The van der Waals surface area contributed by atoms with Crippen molar-refractivity contribution in [1.29, 1.82) is 0 Å². The van der Waals surface area contributed by atoms with Crippen LogP contribution < -0.4 is 0 Å². The van der Waals surface area contributed by atoms with E-state index in [9.17, 15) is 0 Å². The number of hydrogen-bond donors (Lipinski definition) is 0. The molecule has 1 aromatic heterocycles. The van der Waals surface area contributed by atoms with Gasteiger partial charge < -0.3 is 0 Å². The van der Waals surface area contributed by atoms with E-state index in [1.165, 1.54) is 11.1 Å². The van der Waals surface area contributed by atoms with Gasteiger partial charge in [0.1, 0.15) is 0 Å². The Morgan fingerprint density at radius 2 is 2.06 bits per heavy atom. The Kier molecular flexibility index (Phi) is 4.22. The zero-order chi connectivity index (χ0) is 13.3. The first-order valence-electron chi connectivity index (χ1n) is 5.86. The Labute approximate surface area is 124 Å². The van der Waals surface area contributed by atoms with Crippen molar-refractivity contribution >= 4 is 31.9 Å². The van der Waals surface area contributed by atoms with Crippen molar-refractivity contribution in [3.8, 4) is 5.69 Å². The molecule has 1 heterocycles. The van der Waals surface area contributed by atoms with Crippen molar-refractivity contribution in [2.75, 3.05) is 0 Å². The van der Waals surface area contributed by atoms with Gasteiger partial charge in [0.25, 0.3) is 0 Å². The fraction of sp³-hybridized carbons (Fsp3) is 0.385. The Morgan fingerprint density at radius 3 is 2.67 bits per heavy atom. The molecule has 0 fully saturated rings. The summed E-state index contributed by atoms with van der Waals surface area (Å²) in [5.41, 5.74) is 4.43. The van der Waals surface area contributed by atoms with E-state index in [1.807, 2.05) is 10.9 Å². The average Bonchev–Trinajstić information content (AvgIpc) is 2.76. The largest absolute Gasteiger partial charge is 0.219 e. The van der Waals surface area contributed by atoms with Gasteiger partial charge in [-0.05, 0) is 53.4 Å². The lowest BCUT2D eigenvalue weighted by atomic mass is 10.1. The molecular formula is C13H15Br2N3. The predicted octanol–water partition coefficient (Wildman–Crippen LogP) is 4.49. The van der Waals surface area contributed by atoms with Gasteiger partial charge in [0.05, 0.1) is 22.4 Å². The monoisotopic (exact) mass is 371 g/mol. The molecule has 18 heavy (non-hydrogen) atoms. The lowest BCUT2D eigenvalue weighted by molar-refractivity contribution is 0.784.